The Balaban J connectivity index is 0.000000662. The van der Waals surface area contributed by atoms with Crippen LogP contribution < -0.4 is 11.1 Å². The quantitative estimate of drug-likeness (QED) is 0.732. The van der Waals surface area contributed by atoms with Crippen molar-refractivity contribution in [1.29, 1.82) is 0 Å². The van der Waals surface area contributed by atoms with Gasteiger partial charge in [0, 0.05) is 0 Å². The summed E-state index contributed by atoms with van der Waals surface area (Å²) in [6.45, 7) is 7.47. The van der Waals surface area contributed by atoms with Crippen LogP contribution in [0, 0.1) is 5.92 Å². The molecule has 0 aromatic carbocycles. The summed E-state index contributed by atoms with van der Waals surface area (Å²) in [5.41, 5.74) is 5.73. The maximum atomic E-state index is 11.6. The van der Waals surface area contributed by atoms with Crippen molar-refractivity contribution in [1.82, 2.24) is 5.32 Å². The number of ether oxygens (including phenoxy) is 1. The molecule has 21 heavy (non-hydrogen) atoms. The fraction of sp³-hybridized carbons (Fsp3) is 0.867. The Morgan fingerprint density at radius 1 is 1.24 bits per heavy atom. The zero-order valence-corrected chi connectivity index (χ0v) is 14.5. The fourth-order valence-electron chi connectivity index (χ4n) is 1.66. The zero-order valence-electron chi connectivity index (χ0n) is 13.7. The first-order chi connectivity index (χ1) is 9.93. The third-order valence-corrected chi connectivity index (χ3v) is 4.54. The van der Waals surface area contributed by atoms with Gasteiger partial charge in [-0.25, -0.2) is 4.79 Å². The highest BCUT2D eigenvalue weighted by Gasteiger charge is 2.23. The van der Waals surface area contributed by atoms with Gasteiger partial charge in [0.1, 0.15) is 6.04 Å². The van der Waals surface area contributed by atoms with E-state index in [-0.39, 0.29) is 11.8 Å². The van der Waals surface area contributed by atoms with Gasteiger partial charge in [0.15, 0.2) is 0 Å². The van der Waals surface area contributed by atoms with Crippen LogP contribution >= 0.6 is 11.8 Å². The predicted molar refractivity (Wildman–Crippen MR) is 88.2 cm³/mol. The second kappa shape index (κ2) is 11.9. The molecule has 0 saturated carbocycles. The minimum absolute atomic E-state index is 0.0920. The van der Waals surface area contributed by atoms with Crippen LogP contribution in [-0.2, 0) is 14.3 Å². The summed E-state index contributed by atoms with van der Waals surface area (Å²) in [4.78, 5) is 22.9. The second-order valence-electron chi connectivity index (χ2n) is 5.21. The number of hydrogen-bond acceptors (Lipinski definition) is 5. The molecule has 1 saturated heterocycles. The molecule has 0 radical (unpaired) electrons. The molecular weight excluding hydrogens is 288 g/mol. The molecule has 1 aliphatic heterocycles. The molecule has 124 valence electrons. The lowest BCUT2D eigenvalue weighted by molar-refractivity contribution is -0.147. The lowest BCUT2D eigenvalue weighted by atomic mass is 9.99. The number of thioether (sulfide) groups is 1. The van der Waals surface area contributed by atoms with Crippen LogP contribution in [0.5, 0.6) is 0 Å². The van der Waals surface area contributed by atoms with Gasteiger partial charge in [0.25, 0.3) is 0 Å². The Morgan fingerprint density at radius 2 is 1.81 bits per heavy atom. The first-order valence-corrected chi connectivity index (χ1v) is 8.89. The Kier molecular flexibility index (Phi) is 11.4. The summed E-state index contributed by atoms with van der Waals surface area (Å²) in [5, 5.41) is 2.54. The van der Waals surface area contributed by atoms with Crippen LogP contribution in [0.25, 0.3) is 0 Å². The van der Waals surface area contributed by atoms with Gasteiger partial charge in [0.05, 0.1) is 12.6 Å². The molecule has 0 aromatic rings. The summed E-state index contributed by atoms with van der Waals surface area (Å²) >= 11 is 2.07. The van der Waals surface area contributed by atoms with Gasteiger partial charge in [-0.3, -0.25) is 4.79 Å². The third kappa shape index (κ3) is 8.98. The molecule has 1 rings (SSSR count). The Morgan fingerprint density at radius 3 is 2.19 bits per heavy atom. The van der Waals surface area contributed by atoms with Crippen LogP contribution in [0.1, 0.15) is 47.0 Å². The van der Waals surface area contributed by atoms with E-state index in [9.17, 15) is 9.59 Å². The topological polar surface area (TPSA) is 81.4 Å². The van der Waals surface area contributed by atoms with Crippen LogP contribution in [0.2, 0.25) is 0 Å². The SMILES string of the molecule is C1CCSC1.CCOC(=O)C(C)NC(=O)C(N)C(C)CC. The molecule has 0 aliphatic carbocycles. The molecule has 0 spiro atoms. The predicted octanol–water partition coefficient (Wildman–Crippen LogP) is 1.94. The number of nitrogens with two attached hydrogens (primary N) is 1. The van der Waals surface area contributed by atoms with E-state index in [1.165, 1.54) is 24.3 Å². The summed E-state index contributed by atoms with van der Waals surface area (Å²) in [5.74, 6) is 2.18. The van der Waals surface area contributed by atoms with Gasteiger partial charge >= 0.3 is 5.97 Å². The van der Waals surface area contributed by atoms with E-state index >= 15 is 0 Å². The van der Waals surface area contributed by atoms with E-state index in [2.05, 4.69) is 17.1 Å². The summed E-state index contributed by atoms with van der Waals surface area (Å²) in [6.07, 6.45) is 3.75. The van der Waals surface area contributed by atoms with Crippen molar-refractivity contribution in [3.8, 4) is 0 Å². The number of hydrogen-bond donors (Lipinski definition) is 2. The minimum Gasteiger partial charge on any atom is -0.464 e. The van der Waals surface area contributed by atoms with Crippen LogP contribution in [0.15, 0.2) is 0 Å². The third-order valence-electron chi connectivity index (χ3n) is 3.39. The number of amides is 1. The van der Waals surface area contributed by atoms with Crippen LogP contribution in [-0.4, -0.2) is 42.1 Å². The van der Waals surface area contributed by atoms with Crippen molar-refractivity contribution >= 4 is 23.6 Å². The van der Waals surface area contributed by atoms with Gasteiger partial charge < -0.3 is 15.8 Å². The standard InChI is InChI=1S/C11H22N2O3.C4H8S/c1-5-7(3)9(12)10(14)13-8(4)11(15)16-6-2;1-2-4-5-3-1/h7-9H,5-6,12H2,1-4H3,(H,13,14);1-4H2. The molecule has 3 N–H and O–H groups in total. The van der Waals surface area contributed by atoms with Crippen molar-refractivity contribution in [3.05, 3.63) is 0 Å². The highest BCUT2D eigenvalue weighted by molar-refractivity contribution is 7.99. The number of rotatable bonds is 6. The van der Waals surface area contributed by atoms with Crippen molar-refractivity contribution in [2.75, 3.05) is 18.1 Å². The highest BCUT2D eigenvalue weighted by atomic mass is 32.2. The van der Waals surface area contributed by atoms with Crippen molar-refractivity contribution < 1.29 is 14.3 Å². The largest absolute Gasteiger partial charge is 0.464 e. The van der Waals surface area contributed by atoms with Gasteiger partial charge in [-0.15, -0.1) is 0 Å². The van der Waals surface area contributed by atoms with E-state index < -0.39 is 18.1 Å². The maximum absolute atomic E-state index is 11.6. The second-order valence-corrected chi connectivity index (χ2v) is 6.44. The van der Waals surface area contributed by atoms with Gasteiger partial charge in [-0.05, 0) is 44.1 Å². The minimum atomic E-state index is -0.650. The average molecular weight is 318 g/mol. The van der Waals surface area contributed by atoms with Gasteiger partial charge in [0.2, 0.25) is 5.91 Å². The van der Waals surface area contributed by atoms with Crippen molar-refractivity contribution in [2.45, 2.75) is 59.0 Å². The highest BCUT2D eigenvalue weighted by Crippen LogP contribution is 2.14. The van der Waals surface area contributed by atoms with Crippen LogP contribution in [0.4, 0.5) is 0 Å². The van der Waals surface area contributed by atoms with Gasteiger partial charge in [-0.2, -0.15) is 11.8 Å². The van der Waals surface area contributed by atoms with E-state index in [0.717, 1.165) is 6.42 Å². The summed E-state index contributed by atoms with van der Waals surface area (Å²) < 4.78 is 4.78. The van der Waals surface area contributed by atoms with E-state index in [1.807, 2.05) is 13.8 Å². The lowest BCUT2D eigenvalue weighted by Crippen LogP contribution is -2.50. The fourth-order valence-corrected chi connectivity index (χ4v) is 2.68. The zero-order chi connectivity index (χ0) is 16.3. The lowest BCUT2D eigenvalue weighted by Gasteiger charge is -2.20. The summed E-state index contributed by atoms with van der Waals surface area (Å²) in [7, 11) is 0. The Labute approximate surface area is 132 Å². The molecule has 1 amide bonds. The molecule has 1 fully saturated rings. The molecule has 1 heterocycles. The Bertz CT molecular complexity index is 302. The van der Waals surface area contributed by atoms with Gasteiger partial charge in [-0.1, -0.05) is 20.3 Å². The number of carbonyl (C=O) groups is 2. The van der Waals surface area contributed by atoms with E-state index in [0.29, 0.717) is 6.61 Å². The summed E-state index contributed by atoms with van der Waals surface area (Å²) in [6, 6.07) is -1.23. The number of nitrogens with one attached hydrogen (secondary N) is 1. The maximum Gasteiger partial charge on any atom is 0.328 e. The molecule has 0 bridgehead atoms. The smallest absolute Gasteiger partial charge is 0.328 e. The van der Waals surface area contributed by atoms with Crippen molar-refractivity contribution in [2.24, 2.45) is 11.7 Å². The number of carbonyl (C=O) groups excluding carboxylic acids is 2. The Hall–Kier alpha value is -0.750. The molecular formula is C15H30N2O3S. The molecule has 5 nitrogen and oxygen atoms in total. The van der Waals surface area contributed by atoms with Crippen molar-refractivity contribution in [3.63, 3.8) is 0 Å². The molecule has 6 heteroatoms. The molecule has 3 atom stereocenters. The van der Waals surface area contributed by atoms with Crippen LogP contribution in [0.3, 0.4) is 0 Å². The molecule has 0 aromatic heterocycles. The normalized spacial score (nSPS) is 18.0. The first kappa shape index (κ1) is 20.2. The number of esters is 1. The molecule has 1 aliphatic rings. The van der Waals surface area contributed by atoms with E-state index in [1.54, 1.807) is 13.8 Å². The monoisotopic (exact) mass is 318 g/mol. The molecule has 3 unspecified atom stereocenters. The first-order valence-electron chi connectivity index (χ1n) is 7.74. The van der Waals surface area contributed by atoms with E-state index in [4.69, 9.17) is 10.5 Å². The average Bonchev–Trinajstić information content (AvgIpc) is 3.05.